The first-order valence-corrected chi connectivity index (χ1v) is 9.36. The minimum absolute atomic E-state index is 0.0244. The van der Waals surface area contributed by atoms with E-state index >= 15 is 0 Å². The van der Waals surface area contributed by atoms with Gasteiger partial charge in [-0.15, -0.1) is 0 Å². The van der Waals surface area contributed by atoms with Crippen molar-refractivity contribution in [2.75, 3.05) is 14.1 Å². The number of pyridine rings is 2. The van der Waals surface area contributed by atoms with Crippen LogP contribution in [0.1, 0.15) is 28.9 Å². The number of H-pyrrole nitrogens is 1. The number of hydrogen-bond acceptors (Lipinski definition) is 4. The van der Waals surface area contributed by atoms with Gasteiger partial charge in [-0.1, -0.05) is 12.1 Å². The van der Waals surface area contributed by atoms with E-state index in [1.165, 1.54) is 0 Å². The SMILES string of the molecule is CC(O)c1cnc2[nH]cc(-c3cncc(-c4ccc(C(=O)N(C)C)cc4)c3)c2c1. The van der Waals surface area contributed by atoms with Crippen LogP contribution in [-0.2, 0) is 0 Å². The van der Waals surface area contributed by atoms with Crippen molar-refractivity contribution in [2.45, 2.75) is 13.0 Å². The van der Waals surface area contributed by atoms with Gasteiger partial charge in [-0.05, 0) is 42.3 Å². The Morgan fingerprint density at radius 3 is 2.45 bits per heavy atom. The van der Waals surface area contributed by atoms with Gasteiger partial charge in [0.25, 0.3) is 5.91 Å². The maximum absolute atomic E-state index is 12.1. The molecule has 1 aromatic carbocycles. The molecule has 1 atom stereocenters. The zero-order valence-corrected chi connectivity index (χ0v) is 16.5. The van der Waals surface area contributed by atoms with Gasteiger partial charge in [-0.25, -0.2) is 4.98 Å². The highest BCUT2D eigenvalue weighted by Gasteiger charge is 2.12. The molecule has 4 rings (SSSR count). The van der Waals surface area contributed by atoms with Gasteiger partial charge >= 0.3 is 0 Å². The van der Waals surface area contributed by atoms with Crippen LogP contribution in [-0.4, -0.2) is 45.0 Å². The second kappa shape index (κ2) is 7.48. The highest BCUT2D eigenvalue weighted by atomic mass is 16.3. The zero-order valence-electron chi connectivity index (χ0n) is 16.5. The van der Waals surface area contributed by atoms with Crippen LogP contribution < -0.4 is 0 Å². The maximum atomic E-state index is 12.1. The lowest BCUT2D eigenvalue weighted by atomic mass is 10.0. The van der Waals surface area contributed by atoms with Gasteiger partial charge in [-0.3, -0.25) is 9.78 Å². The average Bonchev–Trinajstić information content (AvgIpc) is 3.16. The normalized spacial score (nSPS) is 12.1. The minimum Gasteiger partial charge on any atom is -0.389 e. The van der Waals surface area contributed by atoms with Gasteiger partial charge in [-0.2, -0.15) is 0 Å². The third-order valence-electron chi connectivity index (χ3n) is 4.96. The number of nitrogens with zero attached hydrogens (tertiary/aromatic N) is 3. The van der Waals surface area contributed by atoms with Gasteiger partial charge in [0.15, 0.2) is 0 Å². The highest BCUT2D eigenvalue weighted by Crippen LogP contribution is 2.31. The van der Waals surface area contributed by atoms with E-state index in [0.29, 0.717) is 5.56 Å². The molecular weight excluding hydrogens is 364 g/mol. The monoisotopic (exact) mass is 386 g/mol. The minimum atomic E-state index is -0.581. The molecule has 29 heavy (non-hydrogen) atoms. The predicted octanol–water partition coefficient (Wildman–Crippen LogP) is 4.05. The van der Waals surface area contributed by atoms with Crippen LogP contribution in [0.15, 0.2) is 61.2 Å². The van der Waals surface area contributed by atoms with Gasteiger partial charge < -0.3 is 15.0 Å². The Kier molecular flexibility index (Phi) is 4.86. The quantitative estimate of drug-likeness (QED) is 0.554. The molecule has 4 aromatic rings. The number of aliphatic hydroxyl groups is 1. The molecule has 6 heteroatoms. The van der Waals surface area contributed by atoms with E-state index in [4.69, 9.17) is 0 Å². The molecule has 146 valence electrons. The highest BCUT2D eigenvalue weighted by molar-refractivity contribution is 5.95. The van der Waals surface area contributed by atoms with Crippen molar-refractivity contribution < 1.29 is 9.90 Å². The first kappa shape index (κ1) is 18.8. The molecule has 0 aliphatic rings. The van der Waals surface area contributed by atoms with Crippen LogP contribution in [0.4, 0.5) is 0 Å². The number of nitrogens with one attached hydrogen (secondary N) is 1. The second-order valence-electron chi connectivity index (χ2n) is 7.28. The van der Waals surface area contributed by atoms with E-state index in [1.807, 2.05) is 42.7 Å². The van der Waals surface area contributed by atoms with Gasteiger partial charge in [0.1, 0.15) is 5.65 Å². The molecule has 0 spiro atoms. The van der Waals surface area contributed by atoms with Crippen LogP contribution in [0.2, 0.25) is 0 Å². The Morgan fingerprint density at radius 1 is 1.03 bits per heavy atom. The smallest absolute Gasteiger partial charge is 0.253 e. The van der Waals surface area contributed by atoms with Gasteiger partial charge in [0.2, 0.25) is 0 Å². The summed E-state index contributed by atoms with van der Waals surface area (Å²) >= 11 is 0. The molecule has 3 heterocycles. The standard InChI is InChI=1S/C23H22N4O2/c1-14(28)17-9-20-21(13-26-22(20)25-12-17)19-8-18(10-24-11-19)15-4-6-16(7-5-15)23(29)27(2)3/h4-14,28H,1-3H3,(H,25,26). The molecule has 0 radical (unpaired) electrons. The number of carbonyl (C=O) groups excluding carboxylic acids is 1. The summed E-state index contributed by atoms with van der Waals surface area (Å²) in [5.74, 6) is -0.0244. The Labute approximate surface area is 168 Å². The lowest BCUT2D eigenvalue weighted by Gasteiger charge is -2.11. The molecule has 1 unspecified atom stereocenters. The molecule has 0 bridgehead atoms. The first-order chi connectivity index (χ1) is 13.9. The van der Waals surface area contributed by atoms with Crippen molar-refractivity contribution in [1.82, 2.24) is 19.9 Å². The lowest BCUT2D eigenvalue weighted by molar-refractivity contribution is 0.0827. The number of aliphatic hydroxyl groups excluding tert-OH is 1. The van der Waals surface area contributed by atoms with Crippen molar-refractivity contribution in [3.63, 3.8) is 0 Å². The fourth-order valence-electron chi connectivity index (χ4n) is 3.30. The Bertz CT molecular complexity index is 1180. The Hall–Kier alpha value is -3.51. The van der Waals surface area contributed by atoms with E-state index < -0.39 is 6.10 Å². The Balaban J connectivity index is 1.72. The molecule has 0 fully saturated rings. The van der Waals surface area contributed by atoms with E-state index in [0.717, 1.165) is 38.9 Å². The summed E-state index contributed by atoms with van der Waals surface area (Å²) in [6.45, 7) is 1.72. The number of rotatable bonds is 4. The average molecular weight is 386 g/mol. The summed E-state index contributed by atoms with van der Waals surface area (Å²) in [5, 5.41) is 10.8. The van der Waals surface area contributed by atoms with Crippen molar-refractivity contribution in [2.24, 2.45) is 0 Å². The molecular formula is C23H22N4O2. The van der Waals surface area contributed by atoms with Crippen molar-refractivity contribution in [3.05, 3.63) is 72.3 Å². The molecule has 0 saturated heterocycles. The largest absolute Gasteiger partial charge is 0.389 e. The van der Waals surface area contributed by atoms with E-state index in [-0.39, 0.29) is 5.91 Å². The second-order valence-corrected chi connectivity index (χ2v) is 7.28. The van der Waals surface area contributed by atoms with Crippen molar-refractivity contribution in [1.29, 1.82) is 0 Å². The van der Waals surface area contributed by atoms with Gasteiger partial charge in [0.05, 0.1) is 6.10 Å². The third-order valence-corrected chi connectivity index (χ3v) is 4.96. The summed E-state index contributed by atoms with van der Waals surface area (Å²) in [7, 11) is 3.48. The van der Waals surface area contributed by atoms with Crippen molar-refractivity contribution >= 4 is 16.9 Å². The van der Waals surface area contributed by atoms with Crippen LogP contribution in [0.25, 0.3) is 33.3 Å². The van der Waals surface area contributed by atoms with Crippen LogP contribution in [0.3, 0.4) is 0 Å². The first-order valence-electron chi connectivity index (χ1n) is 9.36. The zero-order chi connectivity index (χ0) is 20.5. The topological polar surface area (TPSA) is 82.1 Å². The molecule has 1 amide bonds. The number of carbonyl (C=O) groups is 1. The molecule has 0 aliphatic carbocycles. The number of benzene rings is 1. The third kappa shape index (κ3) is 3.62. The van der Waals surface area contributed by atoms with E-state index in [2.05, 4.69) is 21.0 Å². The molecule has 3 aromatic heterocycles. The summed E-state index contributed by atoms with van der Waals surface area (Å²) in [5.41, 5.74) is 6.05. The van der Waals surface area contributed by atoms with Crippen LogP contribution in [0, 0.1) is 0 Å². The van der Waals surface area contributed by atoms with Crippen molar-refractivity contribution in [3.8, 4) is 22.3 Å². The Morgan fingerprint density at radius 2 is 1.76 bits per heavy atom. The summed E-state index contributed by atoms with van der Waals surface area (Å²) in [4.78, 5) is 25.6. The summed E-state index contributed by atoms with van der Waals surface area (Å²) < 4.78 is 0. The van der Waals surface area contributed by atoms with E-state index in [1.54, 1.807) is 38.3 Å². The number of amides is 1. The summed E-state index contributed by atoms with van der Waals surface area (Å²) in [6.07, 6.45) is 6.62. The molecule has 6 nitrogen and oxygen atoms in total. The van der Waals surface area contributed by atoms with Crippen LogP contribution >= 0.6 is 0 Å². The lowest BCUT2D eigenvalue weighted by Crippen LogP contribution is -2.21. The fraction of sp³-hybridized carbons (Fsp3) is 0.174. The molecule has 0 aliphatic heterocycles. The van der Waals surface area contributed by atoms with Gasteiger partial charge in [0, 0.05) is 66.5 Å². The maximum Gasteiger partial charge on any atom is 0.253 e. The molecule has 2 N–H and O–H groups in total. The fourth-order valence-corrected chi connectivity index (χ4v) is 3.30. The van der Waals surface area contributed by atoms with E-state index in [9.17, 15) is 9.90 Å². The number of aromatic amines is 1. The number of aromatic nitrogens is 3. The number of fused-ring (bicyclic) bond motifs is 1. The molecule has 0 saturated carbocycles. The summed E-state index contributed by atoms with van der Waals surface area (Å²) in [6, 6.07) is 11.5. The number of hydrogen-bond donors (Lipinski definition) is 2. The van der Waals surface area contributed by atoms with Crippen LogP contribution in [0.5, 0.6) is 0 Å². The predicted molar refractivity (Wildman–Crippen MR) is 113 cm³/mol.